The molecule has 0 aliphatic rings. The van der Waals surface area contributed by atoms with Crippen molar-refractivity contribution < 1.29 is 19.1 Å². The van der Waals surface area contributed by atoms with Crippen molar-refractivity contribution in [3.8, 4) is 22.3 Å². The summed E-state index contributed by atoms with van der Waals surface area (Å²) in [6.07, 6.45) is 3.89. The molecule has 0 bridgehead atoms. The molecule has 1 heterocycles. The van der Waals surface area contributed by atoms with E-state index < -0.39 is 11.6 Å². The maximum absolute atomic E-state index is 13.2. The van der Waals surface area contributed by atoms with Crippen LogP contribution in [0, 0.1) is 0 Å². The molecule has 39 heavy (non-hydrogen) atoms. The number of hydrogen-bond donors (Lipinski definition) is 2. The maximum atomic E-state index is 13.2. The number of aromatic nitrogens is 1. The number of carbonyl (C=O) groups excluding carboxylic acids is 3. The van der Waals surface area contributed by atoms with Gasteiger partial charge < -0.3 is 15.4 Å². The second kappa shape index (κ2) is 11.7. The van der Waals surface area contributed by atoms with Crippen LogP contribution in [-0.2, 0) is 9.53 Å². The Labute approximate surface area is 228 Å². The summed E-state index contributed by atoms with van der Waals surface area (Å²) in [6.45, 7) is 7.21. The van der Waals surface area contributed by atoms with Gasteiger partial charge in [0.05, 0.1) is 11.3 Å². The van der Waals surface area contributed by atoms with E-state index in [2.05, 4.69) is 15.6 Å². The molecule has 7 heteroatoms. The Morgan fingerprint density at radius 2 is 1.56 bits per heavy atom. The van der Waals surface area contributed by atoms with E-state index in [1.807, 2.05) is 75.4 Å². The summed E-state index contributed by atoms with van der Waals surface area (Å²) in [5, 5.41) is 6.09. The number of anilines is 2. The van der Waals surface area contributed by atoms with E-state index in [1.165, 1.54) is 6.20 Å². The zero-order valence-electron chi connectivity index (χ0n) is 22.4. The molecule has 1 aromatic heterocycles. The van der Waals surface area contributed by atoms with Crippen molar-refractivity contribution in [2.24, 2.45) is 0 Å². The van der Waals surface area contributed by atoms with Gasteiger partial charge in [0.1, 0.15) is 11.6 Å². The van der Waals surface area contributed by atoms with Crippen molar-refractivity contribution in [2.45, 2.75) is 39.3 Å². The fraction of sp³-hybridized carbons (Fsp3) is 0.188. The van der Waals surface area contributed by atoms with Gasteiger partial charge in [-0.05, 0) is 63.1 Å². The number of benzene rings is 3. The Bertz CT molecular complexity index is 1490. The largest absolute Gasteiger partial charge is 0.458 e. The lowest BCUT2D eigenvalue weighted by Crippen LogP contribution is -2.34. The van der Waals surface area contributed by atoms with E-state index in [9.17, 15) is 14.4 Å². The lowest BCUT2D eigenvalue weighted by atomic mass is 10.00. The Morgan fingerprint density at radius 1 is 0.846 bits per heavy atom. The molecule has 1 amide bonds. The van der Waals surface area contributed by atoms with Crippen LogP contribution < -0.4 is 10.6 Å². The van der Waals surface area contributed by atoms with Crippen molar-refractivity contribution >= 4 is 29.5 Å². The van der Waals surface area contributed by atoms with E-state index in [0.29, 0.717) is 28.8 Å². The van der Waals surface area contributed by atoms with Gasteiger partial charge >= 0.3 is 5.97 Å². The standard InChI is InChI=1S/C32H31N3O4/c1-21(31(38)39-32(2,3)4)34-28-13-9-8-12-27(28)23-14-15-24(20-36)29(17-23)35-30(37)26-16-25(18-33-19-26)22-10-6-5-7-11-22/h5-21,34H,1-4H3,(H,35,37). The summed E-state index contributed by atoms with van der Waals surface area (Å²) in [5.41, 5.74) is 4.50. The monoisotopic (exact) mass is 521 g/mol. The Morgan fingerprint density at radius 3 is 2.28 bits per heavy atom. The number of ether oxygens (including phenoxy) is 1. The third-order valence-corrected chi connectivity index (χ3v) is 5.91. The van der Waals surface area contributed by atoms with Crippen molar-refractivity contribution in [1.82, 2.24) is 4.98 Å². The molecule has 1 atom stereocenters. The van der Waals surface area contributed by atoms with Gasteiger partial charge in [0.2, 0.25) is 0 Å². The highest BCUT2D eigenvalue weighted by Gasteiger charge is 2.22. The van der Waals surface area contributed by atoms with Crippen LogP contribution in [0.15, 0.2) is 91.3 Å². The first kappa shape index (κ1) is 27.3. The Hall–Kier alpha value is -4.78. The van der Waals surface area contributed by atoms with Gasteiger partial charge in [-0.2, -0.15) is 0 Å². The van der Waals surface area contributed by atoms with Gasteiger partial charge in [0.15, 0.2) is 6.29 Å². The second-order valence-electron chi connectivity index (χ2n) is 10.1. The first-order valence-electron chi connectivity index (χ1n) is 12.6. The molecule has 0 radical (unpaired) electrons. The van der Waals surface area contributed by atoms with Crippen LogP contribution >= 0.6 is 0 Å². The maximum Gasteiger partial charge on any atom is 0.328 e. The molecule has 3 aromatic carbocycles. The van der Waals surface area contributed by atoms with Crippen LogP contribution in [0.25, 0.3) is 22.3 Å². The van der Waals surface area contributed by atoms with E-state index in [4.69, 9.17) is 4.74 Å². The zero-order valence-corrected chi connectivity index (χ0v) is 22.4. The van der Waals surface area contributed by atoms with Crippen LogP contribution in [0.3, 0.4) is 0 Å². The number of amides is 1. The number of esters is 1. The third-order valence-electron chi connectivity index (χ3n) is 5.91. The van der Waals surface area contributed by atoms with Gasteiger partial charge in [-0.25, -0.2) is 4.79 Å². The molecule has 0 saturated carbocycles. The second-order valence-corrected chi connectivity index (χ2v) is 10.1. The van der Waals surface area contributed by atoms with Gasteiger partial charge in [-0.3, -0.25) is 14.6 Å². The van der Waals surface area contributed by atoms with E-state index >= 15 is 0 Å². The van der Waals surface area contributed by atoms with Gasteiger partial charge in [-0.1, -0.05) is 54.6 Å². The van der Waals surface area contributed by atoms with Crippen LogP contribution in [0.1, 0.15) is 48.4 Å². The van der Waals surface area contributed by atoms with Crippen molar-refractivity contribution in [3.05, 3.63) is 102 Å². The van der Waals surface area contributed by atoms with Crippen LogP contribution in [0.2, 0.25) is 0 Å². The Balaban J connectivity index is 1.60. The minimum absolute atomic E-state index is 0.340. The highest BCUT2D eigenvalue weighted by atomic mass is 16.6. The SMILES string of the molecule is CC(Nc1ccccc1-c1ccc(C=O)c(NC(=O)c2cncc(-c3ccccc3)c2)c1)C(=O)OC(C)(C)C. The molecule has 2 N–H and O–H groups in total. The summed E-state index contributed by atoms with van der Waals surface area (Å²) in [4.78, 5) is 41.8. The minimum Gasteiger partial charge on any atom is -0.458 e. The zero-order chi connectivity index (χ0) is 28.0. The Kier molecular flexibility index (Phi) is 8.20. The molecule has 4 rings (SSSR count). The number of para-hydroxylation sites is 1. The van der Waals surface area contributed by atoms with Crippen LogP contribution in [0.4, 0.5) is 11.4 Å². The highest BCUT2D eigenvalue weighted by Crippen LogP contribution is 2.32. The fourth-order valence-corrected chi connectivity index (χ4v) is 4.02. The molecule has 198 valence electrons. The molecule has 0 aliphatic carbocycles. The summed E-state index contributed by atoms with van der Waals surface area (Å²) < 4.78 is 5.50. The molecule has 7 nitrogen and oxygen atoms in total. The number of nitrogens with one attached hydrogen (secondary N) is 2. The third kappa shape index (κ3) is 6.96. The minimum atomic E-state index is -0.597. The predicted octanol–water partition coefficient (Wildman–Crippen LogP) is 6.62. The average molecular weight is 522 g/mol. The van der Waals surface area contributed by atoms with Crippen molar-refractivity contribution in [3.63, 3.8) is 0 Å². The van der Waals surface area contributed by atoms with Crippen LogP contribution in [-0.4, -0.2) is 34.8 Å². The lowest BCUT2D eigenvalue weighted by Gasteiger charge is -2.24. The van der Waals surface area contributed by atoms with Gasteiger partial charge in [0, 0.05) is 34.8 Å². The predicted molar refractivity (Wildman–Crippen MR) is 154 cm³/mol. The summed E-state index contributed by atoms with van der Waals surface area (Å²) in [6, 6.07) is 23.5. The molecular weight excluding hydrogens is 490 g/mol. The van der Waals surface area contributed by atoms with Gasteiger partial charge in [0.25, 0.3) is 5.91 Å². The molecule has 0 saturated heterocycles. The number of carbonyl (C=O) groups is 3. The molecule has 0 fully saturated rings. The van der Waals surface area contributed by atoms with Crippen molar-refractivity contribution in [2.75, 3.05) is 10.6 Å². The fourth-order valence-electron chi connectivity index (χ4n) is 4.02. The highest BCUT2D eigenvalue weighted by molar-refractivity contribution is 6.07. The van der Waals surface area contributed by atoms with Crippen LogP contribution in [0.5, 0.6) is 0 Å². The number of pyridine rings is 1. The first-order valence-corrected chi connectivity index (χ1v) is 12.6. The summed E-state index contributed by atoms with van der Waals surface area (Å²) in [5.74, 6) is -0.751. The number of aldehydes is 1. The first-order chi connectivity index (χ1) is 18.6. The number of rotatable bonds is 8. The number of hydrogen-bond acceptors (Lipinski definition) is 6. The average Bonchev–Trinajstić information content (AvgIpc) is 2.93. The van der Waals surface area contributed by atoms with E-state index in [1.54, 1.807) is 37.4 Å². The quantitative estimate of drug-likeness (QED) is 0.200. The molecule has 4 aromatic rings. The summed E-state index contributed by atoms with van der Waals surface area (Å²) >= 11 is 0. The summed E-state index contributed by atoms with van der Waals surface area (Å²) in [7, 11) is 0. The molecule has 0 aliphatic heterocycles. The molecule has 1 unspecified atom stereocenters. The molecular formula is C32H31N3O4. The van der Waals surface area contributed by atoms with E-state index in [-0.39, 0.29) is 11.9 Å². The van der Waals surface area contributed by atoms with E-state index in [0.717, 1.165) is 22.3 Å². The van der Waals surface area contributed by atoms with Crippen molar-refractivity contribution in [1.29, 1.82) is 0 Å². The van der Waals surface area contributed by atoms with Gasteiger partial charge in [-0.15, -0.1) is 0 Å². The topological polar surface area (TPSA) is 97.4 Å². The number of nitrogens with zero attached hydrogens (tertiary/aromatic N) is 1. The smallest absolute Gasteiger partial charge is 0.328 e. The lowest BCUT2D eigenvalue weighted by molar-refractivity contribution is -0.155. The normalized spacial score (nSPS) is 11.8. The molecule has 0 spiro atoms.